The Balaban J connectivity index is 1.84. The third-order valence-electron chi connectivity index (χ3n) is 4.59. The van der Waals surface area contributed by atoms with Gasteiger partial charge in [-0.25, -0.2) is 9.78 Å². The van der Waals surface area contributed by atoms with Crippen LogP contribution in [0.1, 0.15) is 36.4 Å². The molecule has 0 saturated heterocycles. The van der Waals surface area contributed by atoms with Crippen LogP contribution in [0.4, 0.5) is 18.0 Å². The van der Waals surface area contributed by atoms with Crippen LogP contribution in [0.3, 0.4) is 0 Å². The molecular weight excluding hydrogens is 407 g/mol. The smallest absolute Gasteiger partial charge is 0.336 e. The number of nitrogens with one attached hydrogen (secondary N) is 1. The lowest BCUT2D eigenvalue weighted by Gasteiger charge is -2.24. The number of urea groups is 1. The first kappa shape index (κ1) is 22.3. The van der Waals surface area contributed by atoms with Crippen molar-refractivity contribution in [2.24, 2.45) is 0 Å². The fourth-order valence-electron chi connectivity index (χ4n) is 3.17. The molecule has 2 heterocycles. The van der Waals surface area contributed by atoms with Gasteiger partial charge in [0.1, 0.15) is 5.82 Å². The Morgan fingerprint density at radius 1 is 1.13 bits per heavy atom. The van der Waals surface area contributed by atoms with Crippen LogP contribution in [0, 0.1) is 0 Å². The predicted octanol–water partition coefficient (Wildman–Crippen LogP) is 4.47. The molecule has 0 aliphatic carbocycles. The fourth-order valence-corrected chi connectivity index (χ4v) is 3.17. The van der Waals surface area contributed by atoms with Crippen molar-refractivity contribution < 1.29 is 18.0 Å². The molecule has 0 atom stereocenters. The average Bonchev–Trinajstić information content (AvgIpc) is 3.14. The van der Waals surface area contributed by atoms with Crippen molar-refractivity contribution in [2.75, 3.05) is 0 Å². The molecule has 0 unspecified atom stereocenters. The second kappa shape index (κ2) is 9.63. The fraction of sp³-hybridized carbons (Fsp3) is 0.318. The van der Waals surface area contributed by atoms with Gasteiger partial charge in [-0.2, -0.15) is 13.2 Å². The van der Waals surface area contributed by atoms with Crippen LogP contribution in [0.2, 0.25) is 0 Å². The summed E-state index contributed by atoms with van der Waals surface area (Å²) in [5.41, 5.74) is 0.293. The maximum absolute atomic E-state index is 13.4. The topological polar surface area (TPSA) is 63.1 Å². The van der Waals surface area contributed by atoms with Crippen LogP contribution in [0.15, 0.2) is 61.2 Å². The van der Waals surface area contributed by atoms with E-state index in [-0.39, 0.29) is 30.7 Å². The molecule has 3 aromatic rings. The first-order valence-corrected chi connectivity index (χ1v) is 9.83. The highest BCUT2D eigenvalue weighted by atomic mass is 19.4. The SMILES string of the molecule is CC(C)NC(=O)N(Cc1cccnc1)Cc1nccn1Cc1ccccc1C(F)(F)F. The first-order chi connectivity index (χ1) is 14.7. The molecule has 1 N–H and O–H groups in total. The summed E-state index contributed by atoms with van der Waals surface area (Å²) >= 11 is 0. The van der Waals surface area contributed by atoms with E-state index >= 15 is 0 Å². The largest absolute Gasteiger partial charge is 0.416 e. The highest BCUT2D eigenvalue weighted by molar-refractivity contribution is 5.74. The molecule has 2 amide bonds. The van der Waals surface area contributed by atoms with E-state index in [0.29, 0.717) is 12.4 Å². The highest BCUT2D eigenvalue weighted by Crippen LogP contribution is 2.32. The number of alkyl halides is 3. The Bertz CT molecular complexity index is 1000. The van der Waals surface area contributed by atoms with Crippen LogP contribution >= 0.6 is 0 Å². The third kappa shape index (κ3) is 6.07. The van der Waals surface area contributed by atoms with Gasteiger partial charge in [-0.1, -0.05) is 24.3 Å². The van der Waals surface area contributed by atoms with Crippen molar-refractivity contribution in [3.63, 3.8) is 0 Å². The molecule has 0 radical (unpaired) electrons. The number of amides is 2. The van der Waals surface area contributed by atoms with Gasteiger partial charge in [0, 0.05) is 43.9 Å². The number of carbonyl (C=O) groups excluding carboxylic acids is 1. The van der Waals surface area contributed by atoms with E-state index in [1.165, 1.54) is 18.3 Å². The number of hydrogen-bond donors (Lipinski definition) is 1. The zero-order chi connectivity index (χ0) is 22.4. The number of aromatic nitrogens is 3. The molecular formula is C22H24F3N5O. The molecule has 0 aliphatic heterocycles. The van der Waals surface area contributed by atoms with E-state index in [4.69, 9.17) is 0 Å². The lowest BCUT2D eigenvalue weighted by atomic mass is 10.1. The van der Waals surface area contributed by atoms with Crippen LogP contribution in [-0.4, -0.2) is 31.5 Å². The van der Waals surface area contributed by atoms with Crippen LogP contribution in [-0.2, 0) is 25.8 Å². The molecule has 0 spiro atoms. The number of hydrogen-bond acceptors (Lipinski definition) is 3. The average molecular weight is 431 g/mol. The summed E-state index contributed by atoms with van der Waals surface area (Å²) < 4.78 is 41.7. The van der Waals surface area contributed by atoms with Crippen molar-refractivity contribution in [3.8, 4) is 0 Å². The molecule has 1 aromatic carbocycles. The van der Waals surface area contributed by atoms with Gasteiger partial charge in [0.2, 0.25) is 0 Å². The van der Waals surface area contributed by atoms with Gasteiger partial charge in [0.25, 0.3) is 0 Å². The van der Waals surface area contributed by atoms with Gasteiger partial charge >= 0.3 is 12.2 Å². The van der Waals surface area contributed by atoms with Gasteiger partial charge in [0.15, 0.2) is 0 Å². The second-order valence-electron chi connectivity index (χ2n) is 7.45. The van der Waals surface area contributed by atoms with Gasteiger partial charge in [-0.15, -0.1) is 0 Å². The quantitative estimate of drug-likeness (QED) is 0.601. The Labute approximate surface area is 178 Å². The summed E-state index contributed by atoms with van der Waals surface area (Å²) in [5.74, 6) is 0.486. The zero-order valence-electron chi connectivity index (χ0n) is 17.3. The van der Waals surface area contributed by atoms with Gasteiger partial charge in [-0.05, 0) is 37.1 Å². The van der Waals surface area contributed by atoms with Gasteiger partial charge < -0.3 is 14.8 Å². The minimum Gasteiger partial charge on any atom is -0.336 e. The monoisotopic (exact) mass is 431 g/mol. The van der Waals surface area contributed by atoms with E-state index in [1.54, 1.807) is 40.2 Å². The summed E-state index contributed by atoms with van der Waals surface area (Å²) in [5, 5.41) is 2.85. The molecule has 6 nitrogen and oxygen atoms in total. The predicted molar refractivity (Wildman–Crippen MR) is 110 cm³/mol. The van der Waals surface area contributed by atoms with Crippen LogP contribution in [0.5, 0.6) is 0 Å². The van der Waals surface area contributed by atoms with E-state index in [9.17, 15) is 18.0 Å². The summed E-state index contributed by atoms with van der Waals surface area (Å²) in [4.78, 5) is 22.7. The van der Waals surface area contributed by atoms with Crippen LogP contribution < -0.4 is 5.32 Å². The number of benzene rings is 1. The first-order valence-electron chi connectivity index (χ1n) is 9.83. The van der Waals surface area contributed by atoms with Crippen molar-refractivity contribution in [2.45, 2.75) is 45.7 Å². The van der Waals surface area contributed by atoms with E-state index < -0.39 is 11.7 Å². The molecule has 0 fully saturated rings. The Morgan fingerprint density at radius 2 is 1.90 bits per heavy atom. The van der Waals surface area contributed by atoms with Gasteiger partial charge in [0.05, 0.1) is 12.1 Å². The number of imidazole rings is 1. The molecule has 0 aliphatic rings. The lowest BCUT2D eigenvalue weighted by molar-refractivity contribution is -0.138. The second-order valence-corrected chi connectivity index (χ2v) is 7.45. The molecule has 0 saturated carbocycles. The molecule has 9 heteroatoms. The molecule has 3 rings (SSSR count). The van der Waals surface area contributed by atoms with Crippen molar-refractivity contribution in [1.82, 2.24) is 24.8 Å². The van der Waals surface area contributed by atoms with Crippen LogP contribution in [0.25, 0.3) is 0 Å². The van der Waals surface area contributed by atoms with E-state index in [2.05, 4.69) is 15.3 Å². The maximum Gasteiger partial charge on any atom is 0.416 e. The number of rotatable bonds is 7. The maximum atomic E-state index is 13.4. The zero-order valence-corrected chi connectivity index (χ0v) is 17.3. The van der Waals surface area contributed by atoms with Crippen molar-refractivity contribution in [3.05, 3.63) is 83.7 Å². The minimum atomic E-state index is -4.44. The normalized spacial score (nSPS) is 11.5. The molecule has 164 valence electrons. The Hall–Kier alpha value is -3.36. The highest BCUT2D eigenvalue weighted by Gasteiger charge is 2.33. The van der Waals surface area contributed by atoms with Gasteiger partial charge in [-0.3, -0.25) is 4.98 Å². The number of pyridine rings is 1. The molecule has 2 aromatic heterocycles. The summed E-state index contributed by atoms with van der Waals surface area (Å²) in [6.07, 6.45) is 2.01. The number of halogens is 3. The summed E-state index contributed by atoms with van der Waals surface area (Å²) in [7, 11) is 0. The lowest BCUT2D eigenvalue weighted by Crippen LogP contribution is -2.42. The molecule has 0 bridgehead atoms. The molecule has 31 heavy (non-hydrogen) atoms. The van der Waals surface area contributed by atoms with Crippen molar-refractivity contribution in [1.29, 1.82) is 0 Å². The number of nitrogens with zero attached hydrogens (tertiary/aromatic N) is 4. The standard InChI is InChI=1S/C22H24F3N5O/c1-16(2)28-21(31)30(13-17-6-5-9-26-12-17)15-20-27-10-11-29(20)14-18-7-3-4-8-19(18)22(23,24)25/h3-12,16H,13-15H2,1-2H3,(H,28,31). The van der Waals surface area contributed by atoms with E-state index in [0.717, 1.165) is 11.6 Å². The number of carbonyl (C=O) groups is 1. The summed E-state index contributed by atoms with van der Waals surface area (Å²) in [6.45, 7) is 4.13. The third-order valence-corrected chi connectivity index (χ3v) is 4.59. The van der Waals surface area contributed by atoms with E-state index in [1.807, 2.05) is 19.9 Å². The Kier molecular flexibility index (Phi) is 6.94. The Morgan fingerprint density at radius 3 is 2.58 bits per heavy atom. The summed E-state index contributed by atoms with van der Waals surface area (Å²) in [6, 6.07) is 8.74. The minimum absolute atomic E-state index is 0.00243. The van der Waals surface area contributed by atoms with Crippen molar-refractivity contribution >= 4 is 6.03 Å².